The molecule has 10 heteroatoms. The molecule has 130 valence electrons. The van der Waals surface area contributed by atoms with Crippen LogP contribution in [0.3, 0.4) is 0 Å². The number of thiazole rings is 1. The van der Waals surface area contributed by atoms with Gasteiger partial charge in [0.15, 0.2) is 5.13 Å². The Hall–Kier alpha value is -3.01. The number of aryl methyl sites for hydroxylation is 1. The average Bonchev–Trinajstić information content (AvgIpc) is 3.13. The third kappa shape index (κ3) is 3.58. The summed E-state index contributed by atoms with van der Waals surface area (Å²) in [7, 11) is 0. The van der Waals surface area contributed by atoms with E-state index in [9.17, 15) is 14.0 Å². The molecule has 2 aromatic heterocycles. The molecule has 0 fully saturated rings. The van der Waals surface area contributed by atoms with Gasteiger partial charge >= 0.3 is 11.7 Å². The van der Waals surface area contributed by atoms with Crippen molar-refractivity contribution >= 4 is 17.3 Å². The number of ether oxygens (including phenoxy) is 1. The molecule has 0 amide bonds. The highest BCUT2D eigenvalue weighted by atomic mass is 32.1. The molecule has 0 radical (unpaired) electrons. The Morgan fingerprint density at radius 3 is 2.72 bits per heavy atom. The molecule has 1 aromatic carbocycles. The fourth-order valence-electron chi connectivity index (χ4n) is 2.09. The van der Waals surface area contributed by atoms with Crippen molar-refractivity contribution in [1.82, 2.24) is 19.3 Å². The van der Waals surface area contributed by atoms with E-state index in [4.69, 9.17) is 9.84 Å². The molecule has 2 heterocycles. The lowest BCUT2D eigenvalue weighted by Crippen LogP contribution is -2.26. The monoisotopic (exact) mass is 364 g/mol. The standard InChI is InChI=1S/C15H13FN4O4S/c1-9-12(13(21)22)25-14(18-9)19-8-17-20(15(19)23)6-7-24-11-4-2-10(16)3-5-11/h2-5,8H,6-7H2,1H3,(H,21,22). The molecule has 1 N–H and O–H groups in total. The summed E-state index contributed by atoms with van der Waals surface area (Å²) in [5, 5.41) is 13.3. The van der Waals surface area contributed by atoms with E-state index < -0.39 is 11.7 Å². The second kappa shape index (κ2) is 6.85. The molecule has 0 saturated heterocycles. The zero-order chi connectivity index (χ0) is 18.0. The van der Waals surface area contributed by atoms with Crippen molar-refractivity contribution < 1.29 is 19.0 Å². The Balaban J connectivity index is 1.71. The summed E-state index contributed by atoms with van der Waals surface area (Å²) in [5.41, 5.74) is -0.111. The van der Waals surface area contributed by atoms with Gasteiger partial charge in [-0.1, -0.05) is 11.3 Å². The number of hydrogen-bond acceptors (Lipinski definition) is 6. The summed E-state index contributed by atoms with van der Waals surface area (Å²) in [4.78, 5) is 27.6. The minimum atomic E-state index is -1.09. The molecule has 0 atom stereocenters. The first kappa shape index (κ1) is 16.8. The fourth-order valence-corrected chi connectivity index (χ4v) is 2.96. The summed E-state index contributed by atoms with van der Waals surface area (Å²) in [6.07, 6.45) is 1.28. The lowest BCUT2D eigenvalue weighted by Gasteiger charge is -2.05. The Labute approximate surface area is 144 Å². The molecule has 0 unspecified atom stereocenters. The molecule has 3 aromatic rings. The highest BCUT2D eigenvalue weighted by Gasteiger charge is 2.17. The van der Waals surface area contributed by atoms with Crippen LogP contribution in [0, 0.1) is 12.7 Å². The second-order valence-electron chi connectivity index (χ2n) is 5.03. The van der Waals surface area contributed by atoms with Crippen molar-refractivity contribution in [2.45, 2.75) is 13.5 Å². The predicted octanol–water partition coefficient (Wildman–Crippen LogP) is 1.72. The van der Waals surface area contributed by atoms with Crippen LogP contribution in [0.2, 0.25) is 0 Å². The predicted molar refractivity (Wildman–Crippen MR) is 87.1 cm³/mol. The van der Waals surface area contributed by atoms with Crippen LogP contribution < -0.4 is 10.4 Å². The van der Waals surface area contributed by atoms with Crippen molar-refractivity contribution in [3.63, 3.8) is 0 Å². The number of benzene rings is 1. The van der Waals surface area contributed by atoms with Crippen molar-refractivity contribution in [1.29, 1.82) is 0 Å². The van der Waals surface area contributed by atoms with E-state index in [0.29, 0.717) is 11.4 Å². The highest BCUT2D eigenvalue weighted by Crippen LogP contribution is 2.20. The number of hydrogen-bond donors (Lipinski definition) is 1. The summed E-state index contributed by atoms with van der Waals surface area (Å²) in [6, 6.07) is 5.53. The Morgan fingerprint density at radius 2 is 2.08 bits per heavy atom. The van der Waals surface area contributed by atoms with Crippen LogP contribution in [0.4, 0.5) is 4.39 Å². The maximum absolute atomic E-state index is 12.8. The first-order valence-electron chi connectivity index (χ1n) is 7.19. The largest absolute Gasteiger partial charge is 0.492 e. The molecule has 0 saturated carbocycles. The third-order valence-corrected chi connectivity index (χ3v) is 4.45. The van der Waals surface area contributed by atoms with E-state index in [-0.39, 0.29) is 29.0 Å². The molecule has 0 aliphatic rings. The summed E-state index contributed by atoms with van der Waals surface area (Å²) in [5.74, 6) is -0.966. The van der Waals surface area contributed by atoms with Gasteiger partial charge in [-0.05, 0) is 31.2 Å². The van der Waals surface area contributed by atoms with E-state index in [0.717, 1.165) is 11.3 Å². The van der Waals surface area contributed by atoms with E-state index in [1.165, 1.54) is 39.8 Å². The third-order valence-electron chi connectivity index (χ3n) is 3.30. The van der Waals surface area contributed by atoms with Gasteiger partial charge in [0.25, 0.3) is 0 Å². The van der Waals surface area contributed by atoms with Gasteiger partial charge in [-0.25, -0.2) is 28.2 Å². The molecule has 3 rings (SSSR count). The lowest BCUT2D eigenvalue weighted by molar-refractivity contribution is 0.0701. The number of aromatic carboxylic acids is 1. The molecular formula is C15H13FN4O4S. The molecule has 8 nitrogen and oxygen atoms in total. The van der Waals surface area contributed by atoms with Crippen molar-refractivity contribution in [2.24, 2.45) is 0 Å². The maximum Gasteiger partial charge on any atom is 0.352 e. The number of nitrogens with zero attached hydrogens (tertiary/aromatic N) is 4. The van der Waals surface area contributed by atoms with Crippen LogP contribution in [0.1, 0.15) is 15.4 Å². The van der Waals surface area contributed by atoms with Crippen molar-refractivity contribution in [2.75, 3.05) is 6.61 Å². The molecule has 0 aliphatic heterocycles. The molecule has 0 aliphatic carbocycles. The number of aromatic nitrogens is 4. The van der Waals surface area contributed by atoms with Gasteiger partial charge in [-0.2, -0.15) is 5.10 Å². The molecule has 0 spiro atoms. The van der Waals surface area contributed by atoms with E-state index >= 15 is 0 Å². The van der Waals surface area contributed by atoms with E-state index in [1.54, 1.807) is 6.92 Å². The maximum atomic E-state index is 12.8. The number of carboxylic acid groups (broad SMARTS) is 1. The van der Waals surface area contributed by atoms with Gasteiger partial charge in [-0.15, -0.1) is 0 Å². The van der Waals surface area contributed by atoms with Crippen LogP contribution in [-0.2, 0) is 6.54 Å². The number of rotatable bonds is 6. The van der Waals surface area contributed by atoms with Crippen LogP contribution in [0.15, 0.2) is 35.4 Å². The van der Waals surface area contributed by atoms with Crippen molar-refractivity contribution in [3.8, 4) is 10.9 Å². The Kier molecular flexibility index (Phi) is 4.61. The van der Waals surface area contributed by atoms with Crippen LogP contribution >= 0.6 is 11.3 Å². The highest BCUT2D eigenvalue weighted by molar-refractivity contribution is 7.16. The van der Waals surface area contributed by atoms with Gasteiger partial charge in [0.05, 0.1) is 12.2 Å². The smallest absolute Gasteiger partial charge is 0.352 e. The minimum absolute atomic E-state index is 0.0780. The van der Waals surface area contributed by atoms with E-state index in [1.807, 2.05) is 0 Å². The Morgan fingerprint density at radius 1 is 1.36 bits per heavy atom. The van der Waals surface area contributed by atoms with Gasteiger partial charge in [0.1, 0.15) is 29.4 Å². The average molecular weight is 364 g/mol. The Bertz CT molecular complexity index is 961. The zero-order valence-electron chi connectivity index (χ0n) is 13.0. The van der Waals surface area contributed by atoms with Gasteiger partial charge in [-0.3, -0.25) is 0 Å². The summed E-state index contributed by atoms with van der Waals surface area (Å²) in [6.45, 7) is 1.91. The zero-order valence-corrected chi connectivity index (χ0v) is 13.9. The second-order valence-corrected chi connectivity index (χ2v) is 6.00. The molecule has 0 bridgehead atoms. The summed E-state index contributed by atoms with van der Waals surface area (Å²) >= 11 is 0.902. The number of halogens is 1. The minimum Gasteiger partial charge on any atom is -0.492 e. The molecular weight excluding hydrogens is 351 g/mol. The number of carboxylic acids is 1. The SMILES string of the molecule is Cc1nc(-n2cnn(CCOc3ccc(F)cc3)c2=O)sc1C(=O)O. The molecule has 25 heavy (non-hydrogen) atoms. The first-order valence-corrected chi connectivity index (χ1v) is 8.01. The van der Waals surface area contributed by atoms with Crippen molar-refractivity contribution in [3.05, 3.63) is 57.5 Å². The summed E-state index contributed by atoms with van der Waals surface area (Å²) < 4.78 is 20.6. The number of carbonyl (C=O) groups is 1. The van der Waals surface area contributed by atoms with E-state index in [2.05, 4.69) is 10.1 Å². The normalized spacial score (nSPS) is 10.8. The van der Waals surface area contributed by atoms with Crippen LogP contribution in [-0.4, -0.2) is 37.0 Å². The van der Waals surface area contributed by atoms with Crippen LogP contribution in [0.25, 0.3) is 5.13 Å². The quantitative estimate of drug-likeness (QED) is 0.715. The van der Waals surface area contributed by atoms with Gasteiger partial charge in [0.2, 0.25) is 0 Å². The fraction of sp³-hybridized carbons (Fsp3) is 0.200. The topological polar surface area (TPSA) is 99.2 Å². The first-order chi connectivity index (χ1) is 12.0. The van der Waals surface area contributed by atoms with Gasteiger partial charge in [0, 0.05) is 0 Å². The van der Waals surface area contributed by atoms with Gasteiger partial charge < -0.3 is 9.84 Å². The lowest BCUT2D eigenvalue weighted by atomic mass is 10.3. The van der Waals surface area contributed by atoms with Crippen LogP contribution in [0.5, 0.6) is 5.75 Å².